The molecular formula is C25H30FN5O3. The lowest BCUT2D eigenvalue weighted by Gasteiger charge is -2.34. The molecular weight excluding hydrogens is 437 g/mol. The number of carbonyl (C=O) groups is 1. The minimum absolute atomic E-state index is 0.215. The number of aromatic nitrogens is 2. The van der Waals surface area contributed by atoms with Gasteiger partial charge >= 0.3 is 0 Å². The van der Waals surface area contributed by atoms with Gasteiger partial charge < -0.3 is 30.7 Å². The van der Waals surface area contributed by atoms with Crippen LogP contribution in [0.15, 0.2) is 54.7 Å². The normalized spacial score (nSPS) is 16.3. The topological polar surface area (TPSA) is 117 Å². The Bertz CT molecular complexity index is 1130. The Balaban J connectivity index is 1.29. The number of nitrogens with two attached hydrogens (primary N) is 1. The lowest BCUT2D eigenvalue weighted by atomic mass is 9.96. The van der Waals surface area contributed by atoms with E-state index in [-0.39, 0.29) is 17.6 Å². The first-order valence-electron chi connectivity index (χ1n) is 11.4. The van der Waals surface area contributed by atoms with Crippen LogP contribution >= 0.6 is 0 Å². The van der Waals surface area contributed by atoms with E-state index in [4.69, 9.17) is 5.73 Å². The fourth-order valence-electron chi connectivity index (χ4n) is 4.33. The number of piperidine rings is 1. The fraction of sp³-hybridized carbons (Fsp3) is 0.360. The van der Waals surface area contributed by atoms with Crippen molar-refractivity contribution in [1.29, 1.82) is 0 Å². The third kappa shape index (κ3) is 5.21. The molecule has 1 aliphatic heterocycles. The maximum atomic E-state index is 13.3. The van der Waals surface area contributed by atoms with Crippen LogP contribution in [0.5, 0.6) is 0 Å². The second-order valence-electron chi connectivity index (χ2n) is 8.73. The predicted molar refractivity (Wildman–Crippen MR) is 128 cm³/mol. The number of aliphatic hydroxyl groups excluding tert-OH is 2. The van der Waals surface area contributed by atoms with Crippen LogP contribution in [0.2, 0.25) is 0 Å². The van der Waals surface area contributed by atoms with Gasteiger partial charge in [-0.25, -0.2) is 9.37 Å². The summed E-state index contributed by atoms with van der Waals surface area (Å²) in [4.78, 5) is 19.1. The summed E-state index contributed by atoms with van der Waals surface area (Å²) in [7, 11) is 1.71. The van der Waals surface area contributed by atoms with Crippen LogP contribution in [0.3, 0.4) is 0 Å². The van der Waals surface area contributed by atoms with E-state index in [1.54, 1.807) is 23.9 Å². The number of anilines is 2. The SMILES string of the molecule is Cn1cc(-c2ccccc2)nc1[C@H](O)[C@@H](O)C(=O)NCC1CCN(c2ccc(F)cc2N)CC1. The number of carbonyl (C=O) groups excluding carboxylic acids is 1. The van der Waals surface area contributed by atoms with Gasteiger partial charge in [0.15, 0.2) is 6.10 Å². The molecule has 0 radical (unpaired) electrons. The molecule has 180 valence electrons. The number of amides is 1. The third-order valence-electron chi connectivity index (χ3n) is 6.32. The zero-order valence-electron chi connectivity index (χ0n) is 19.1. The molecule has 3 aromatic rings. The summed E-state index contributed by atoms with van der Waals surface area (Å²) in [5.74, 6) is -0.556. The van der Waals surface area contributed by atoms with E-state index in [9.17, 15) is 19.4 Å². The number of nitrogens with one attached hydrogen (secondary N) is 1. The van der Waals surface area contributed by atoms with Crippen molar-refractivity contribution in [2.45, 2.75) is 25.0 Å². The highest BCUT2D eigenvalue weighted by atomic mass is 19.1. The number of benzene rings is 2. The Morgan fingerprint density at radius 2 is 1.91 bits per heavy atom. The molecule has 0 spiro atoms. The highest BCUT2D eigenvalue weighted by Gasteiger charge is 2.30. The van der Waals surface area contributed by atoms with E-state index in [0.717, 1.165) is 37.2 Å². The minimum atomic E-state index is -1.64. The molecule has 2 aromatic carbocycles. The van der Waals surface area contributed by atoms with Gasteiger partial charge in [0, 0.05) is 38.4 Å². The second kappa shape index (κ2) is 10.2. The van der Waals surface area contributed by atoms with E-state index < -0.39 is 18.1 Å². The molecule has 0 aliphatic carbocycles. The van der Waals surface area contributed by atoms with Crippen molar-refractivity contribution in [3.05, 3.63) is 66.4 Å². The third-order valence-corrected chi connectivity index (χ3v) is 6.32. The molecule has 34 heavy (non-hydrogen) atoms. The van der Waals surface area contributed by atoms with Gasteiger partial charge in [0.25, 0.3) is 5.91 Å². The van der Waals surface area contributed by atoms with Crippen molar-refractivity contribution in [3.63, 3.8) is 0 Å². The summed E-state index contributed by atoms with van der Waals surface area (Å²) < 4.78 is 14.9. The molecule has 1 amide bonds. The number of aryl methyl sites for hydroxylation is 1. The highest BCUT2D eigenvalue weighted by Crippen LogP contribution is 2.28. The summed E-state index contributed by atoms with van der Waals surface area (Å²) in [5.41, 5.74) is 8.70. The van der Waals surface area contributed by atoms with Gasteiger partial charge in [-0.1, -0.05) is 30.3 Å². The summed E-state index contributed by atoms with van der Waals surface area (Å²) in [6.07, 6.45) is 0.292. The van der Waals surface area contributed by atoms with Gasteiger partial charge in [0.2, 0.25) is 0 Å². The van der Waals surface area contributed by atoms with Crippen molar-refractivity contribution < 1.29 is 19.4 Å². The molecule has 0 saturated carbocycles. The largest absolute Gasteiger partial charge is 0.397 e. The van der Waals surface area contributed by atoms with Gasteiger partial charge in [0.1, 0.15) is 17.7 Å². The molecule has 1 aliphatic rings. The quantitative estimate of drug-likeness (QED) is 0.396. The lowest BCUT2D eigenvalue weighted by molar-refractivity contribution is -0.136. The molecule has 1 saturated heterocycles. The maximum Gasteiger partial charge on any atom is 0.252 e. The smallest absolute Gasteiger partial charge is 0.252 e. The summed E-state index contributed by atoms with van der Waals surface area (Å²) in [6, 6.07) is 13.9. The van der Waals surface area contributed by atoms with Crippen LogP contribution in [-0.2, 0) is 11.8 Å². The van der Waals surface area contributed by atoms with E-state index >= 15 is 0 Å². The zero-order chi connectivity index (χ0) is 24.2. The molecule has 0 bridgehead atoms. The summed E-state index contributed by atoms with van der Waals surface area (Å²) in [6.45, 7) is 1.86. The Hall–Kier alpha value is -3.43. The minimum Gasteiger partial charge on any atom is -0.397 e. The van der Waals surface area contributed by atoms with E-state index in [1.165, 1.54) is 12.1 Å². The number of rotatable bonds is 7. The molecule has 9 heteroatoms. The predicted octanol–water partition coefficient (Wildman–Crippen LogP) is 2.24. The standard InChI is InChI=1S/C25H30FN5O3/c1-30-15-20(17-5-3-2-4-6-17)29-24(30)22(32)23(33)25(34)28-14-16-9-11-31(12-10-16)21-8-7-18(26)13-19(21)27/h2-8,13,15-16,22-23,32-33H,9-12,14,27H2,1H3,(H,28,34)/t22-,23-/m1/s1. The van der Waals surface area contributed by atoms with Crippen LogP contribution in [-0.4, -0.2) is 51.4 Å². The first-order chi connectivity index (χ1) is 16.3. The molecule has 8 nitrogen and oxygen atoms in total. The van der Waals surface area contributed by atoms with Crippen LogP contribution in [0.1, 0.15) is 24.8 Å². The van der Waals surface area contributed by atoms with Crippen molar-refractivity contribution in [2.24, 2.45) is 13.0 Å². The van der Waals surface area contributed by atoms with E-state index in [1.807, 2.05) is 30.3 Å². The molecule has 2 heterocycles. The highest BCUT2D eigenvalue weighted by molar-refractivity contribution is 5.81. The van der Waals surface area contributed by atoms with Gasteiger partial charge in [-0.3, -0.25) is 4.79 Å². The summed E-state index contributed by atoms with van der Waals surface area (Å²) in [5, 5.41) is 23.8. The summed E-state index contributed by atoms with van der Waals surface area (Å²) >= 11 is 0. The van der Waals surface area contributed by atoms with Crippen molar-refractivity contribution in [1.82, 2.24) is 14.9 Å². The Morgan fingerprint density at radius 3 is 2.59 bits per heavy atom. The van der Waals surface area contributed by atoms with Gasteiger partial charge in [-0.2, -0.15) is 0 Å². The fourth-order valence-corrected chi connectivity index (χ4v) is 4.33. The number of nitrogen functional groups attached to an aromatic ring is 1. The Kier molecular flexibility index (Phi) is 7.14. The van der Waals surface area contributed by atoms with Crippen LogP contribution in [0.25, 0.3) is 11.3 Å². The Labute approximate surface area is 197 Å². The average molecular weight is 468 g/mol. The number of imidazole rings is 1. The molecule has 1 aromatic heterocycles. The number of aliphatic hydroxyl groups is 2. The number of hydrogen-bond donors (Lipinski definition) is 4. The van der Waals surface area contributed by atoms with Crippen LogP contribution in [0, 0.1) is 11.7 Å². The second-order valence-corrected chi connectivity index (χ2v) is 8.73. The first-order valence-corrected chi connectivity index (χ1v) is 11.4. The molecule has 0 unspecified atom stereocenters. The number of hydrogen-bond acceptors (Lipinski definition) is 6. The monoisotopic (exact) mass is 467 g/mol. The Morgan fingerprint density at radius 1 is 1.21 bits per heavy atom. The van der Waals surface area contributed by atoms with Crippen molar-refractivity contribution >= 4 is 17.3 Å². The lowest BCUT2D eigenvalue weighted by Crippen LogP contribution is -2.43. The van der Waals surface area contributed by atoms with Gasteiger partial charge in [0.05, 0.1) is 17.1 Å². The van der Waals surface area contributed by atoms with Crippen molar-refractivity contribution in [2.75, 3.05) is 30.3 Å². The molecule has 2 atom stereocenters. The zero-order valence-corrected chi connectivity index (χ0v) is 19.1. The van der Waals surface area contributed by atoms with Crippen LogP contribution < -0.4 is 16.0 Å². The van der Waals surface area contributed by atoms with E-state index in [2.05, 4.69) is 15.2 Å². The first kappa shape index (κ1) is 23.7. The van der Waals surface area contributed by atoms with Gasteiger partial charge in [-0.05, 0) is 37.0 Å². The molecule has 4 rings (SSSR count). The maximum absolute atomic E-state index is 13.3. The molecule has 1 fully saturated rings. The van der Waals surface area contributed by atoms with Crippen LogP contribution in [0.4, 0.5) is 15.8 Å². The van der Waals surface area contributed by atoms with Crippen molar-refractivity contribution in [3.8, 4) is 11.3 Å². The van der Waals surface area contributed by atoms with Gasteiger partial charge in [-0.15, -0.1) is 0 Å². The number of halogens is 1. The van der Waals surface area contributed by atoms with E-state index in [0.29, 0.717) is 17.9 Å². The average Bonchev–Trinajstić information content (AvgIpc) is 3.24. The molecule has 5 N–H and O–H groups in total. The number of nitrogens with zero attached hydrogens (tertiary/aromatic N) is 3.